The fraction of sp³-hybridized carbons (Fsp3) is 0.571. The zero-order chi connectivity index (χ0) is 15.4. The lowest BCUT2D eigenvalue weighted by molar-refractivity contribution is -0.132. The van der Waals surface area contributed by atoms with Gasteiger partial charge in [-0.05, 0) is 40.8 Å². The van der Waals surface area contributed by atoms with Gasteiger partial charge < -0.3 is 4.90 Å². The third-order valence-corrected chi connectivity index (χ3v) is 4.69. The van der Waals surface area contributed by atoms with Crippen LogP contribution in [0, 0.1) is 0 Å². The molecule has 1 aliphatic heterocycles. The third-order valence-electron chi connectivity index (χ3n) is 3.85. The van der Waals surface area contributed by atoms with Crippen molar-refractivity contribution in [3.63, 3.8) is 0 Å². The van der Waals surface area contributed by atoms with Crippen LogP contribution in [0.2, 0.25) is 0 Å². The molecule has 3 rings (SSSR count). The molecule has 0 spiro atoms. The molecule has 0 N–H and O–H groups in total. The van der Waals surface area contributed by atoms with Crippen LogP contribution in [0.5, 0.6) is 0 Å². The number of tetrazole rings is 1. The Hall–Kier alpha value is -1.96. The molecular formula is C14H19N5O2S. The van der Waals surface area contributed by atoms with E-state index in [-0.39, 0.29) is 18.1 Å². The Morgan fingerprint density at radius 1 is 1.14 bits per heavy atom. The minimum absolute atomic E-state index is 0.0375. The Morgan fingerprint density at radius 3 is 2.55 bits per heavy atom. The lowest BCUT2D eigenvalue weighted by Crippen LogP contribution is -2.38. The Balaban J connectivity index is 1.70. The molecule has 0 radical (unpaired) electrons. The Bertz CT molecular complexity index is 668. The summed E-state index contributed by atoms with van der Waals surface area (Å²) in [6.07, 6.45) is 5.64. The van der Waals surface area contributed by atoms with Gasteiger partial charge in [-0.2, -0.15) is 9.36 Å². The number of hydrogen-bond donors (Lipinski definition) is 0. The molecule has 1 fully saturated rings. The van der Waals surface area contributed by atoms with E-state index >= 15 is 0 Å². The molecule has 0 aliphatic carbocycles. The zero-order valence-electron chi connectivity index (χ0n) is 12.3. The maximum atomic E-state index is 12.4. The first kappa shape index (κ1) is 15.0. The Morgan fingerprint density at radius 2 is 1.86 bits per heavy atom. The average molecular weight is 321 g/mol. The van der Waals surface area contributed by atoms with Crippen molar-refractivity contribution in [2.75, 3.05) is 13.1 Å². The van der Waals surface area contributed by atoms with E-state index in [0.717, 1.165) is 43.5 Å². The summed E-state index contributed by atoms with van der Waals surface area (Å²) in [6, 6.07) is 3.64. The van der Waals surface area contributed by atoms with Crippen LogP contribution in [-0.2, 0) is 11.3 Å². The monoisotopic (exact) mass is 321 g/mol. The molecular weight excluding hydrogens is 302 g/mol. The summed E-state index contributed by atoms with van der Waals surface area (Å²) in [5.74, 6) is -0.0535. The van der Waals surface area contributed by atoms with Crippen molar-refractivity contribution in [3.05, 3.63) is 28.0 Å². The molecule has 1 aliphatic rings. The minimum atomic E-state index is -0.372. The number of hydrogen-bond acceptors (Lipinski definition) is 5. The molecule has 8 heteroatoms. The molecule has 0 saturated carbocycles. The van der Waals surface area contributed by atoms with E-state index in [9.17, 15) is 9.59 Å². The standard InChI is InChI=1S/C14H19N5O2S/c20-12(17-8-4-2-1-3-5-9-17)11-18-14(21)19(16-15-18)13-7-6-10-22-13/h6-7,10H,1-5,8-9,11H2. The minimum Gasteiger partial charge on any atom is -0.341 e. The van der Waals surface area contributed by atoms with Crippen LogP contribution < -0.4 is 5.69 Å². The van der Waals surface area contributed by atoms with Gasteiger partial charge in [0.25, 0.3) is 0 Å². The van der Waals surface area contributed by atoms with Crippen LogP contribution in [-0.4, -0.2) is 43.7 Å². The lowest BCUT2D eigenvalue weighted by atomic mass is 10.1. The number of likely N-dealkylation sites (tertiary alicyclic amines) is 1. The van der Waals surface area contributed by atoms with Gasteiger partial charge in [-0.15, -0.1) is 11.3 Å². The summed E-state index contributed by atoms with van der Waals surface area (Å²) in [7, 11) is 0. The number of thiophene rings is 1. The van der Waals surface area contributed by atoms with Gasteiger partial charge >= 0.3 is 5.69 Å². The predicted octanol–water partition coefficient (Wildman–Crippen LogP) is 1.28. The van der Waals surface area contributed by atoms with Crippen molar-refractivity contribution in [1.29, 1.82) is 0 Å². The van der Waals surface area contributed by atoms with Gasteiger partial charge in [0.2, 0.25) is 5.91 Å². The van der Waals surface area contributed by atoms with E-state index in [2.05, 4.69) is 10.4 Å². The molecule has 22 heavy (non-hydrogen) atoms. The number of carbonyl (C=O) groups excluding carboxylic acids is 1. The second-order valence-corrected chi connectivity index (χ2v) is 6.36. The number of amides is 1. The summed E-state index contributed by atoms with van der Waals surface area (Å²) < 4.78 is 2.37. The van der Waals surface area contributed by atoms with Crippen LogP contribution in [0.4, 0.5) is 0 Å². The van der Waals surface area contributed by atoms with Gasteiger partial charge in [0, 0.05) is 13.1 Å². The molecule has 3 heterocycles. The second kappa shape index (κ2) is 6.87. The summed E-state index contributed by atoms with van der Waals surface area (Å²) in [5, 5.41) is 10.2. The summed E-state index contributed by atoms with van der Waals surface area (Å²) >= 11 is 1.41. The Kier molecular flexibility index (Phi) is 4.67. The molecule has 0 unspecified atom stereocenters. The van der Waals surface area contributed by atoms with E-state index in [1.807, 2.05) is 16.3 Å². The first-order valence-electron chi connectivity index (χ1n) is 7.60. The van der Waals surface area contributed by atoms with Gasteiger partial charge in [-0.1, -0.05) is 19.3 Å². The van der Waals surface area contributed by atoms with Gasteiger partial charge in [-0.25, -0.2) is 4.79 Å². The molecule has 1 saturated heterocycles. The van der Waals surface area contributed by atoms with Crippen molar-refractivity contribution in [2.45, 2.75) is 38.6 Å². The molecule has 2 aromatic rings. The third kappa shape index (κ3) is 3.27. The zero-order valence-corrected chi connectivity index (χ0v) is 13.2. The van der Waals surface area contributed by atoms with E-state index in [1.165, 1.54) is 22.4 Å². The van der Waals surface area contributed by atoms with Crippen molar-refractivity contribution < 1.29 is 4.79 Å². The number of nitrogens with zero attached hydrogens (tertiary/aromatic N) is 5. The highest BCUT2D eigenvalue weighted by Crippen LogP contribution is 2.12. The number of carbonyl (C=O) groups is 1. The van der Waals surface area contributed by atoms with Crippen LogP contribution >= 0.6 is 11.3 Å². The predicted molar refractivity (Wildman–Crippen MR) is 83.2 cm³/mol. The molecule has 0 aromatic carbocycles. The maximum absolute atomic E-state index is 12.4. The lowest BCUT2D eigenvalue weighted by Gasteiger charge is -2.24. The van der Waals surface area contributed by atoms with Crippen molar-refractivity contribution in [3.8, 4) is 5.00 Å². The first-order valence-corrected chi connectivity index (χ1v) is 8.48. The SMILES string of the molecule is O=C(Cn1nnn(-c2cccs2)c1=O)N1CCCCCCC1. The quantitative estimate of drug-likeness (QED) is 0.854. The van der Waals surface area contributed by atoms with Crippen LogP contribution in [0.15, 0.2) is 22.3 Å². The van der Waals surface area contributed by atoms with E-state index < -0.39 is 0 Å². The highest BCUT2D eigenvalue weighted by Gasteiger charge is 2.18. The van der Waals surface area contributed by atoms with Crippen molar-refractivity contribution in [2.24, 2.45) is 0 Å². The van der Waals surface area contributed by atoms with Crippen LogP contribution in [0.3, 0.4) is 0 Å². The van der Waals surface area contributed by atoms with E-state index in [4.69, 9.17) is 0 Å². The second-order valence-electron chi connectivity index (χ2n) is 5.43. The molecule has 2 aromatic heterocycles. The van der Waals surface area contributed by atoms with Crippen LogP contribution in [0.25, 0.3) is 5.00 Å². The number of aromatic nitrogens is 4. The van der Waals surface area contributed by atoms with E-state index in [0.29, 0.717) is 5.00 Å². The van der Waals surface area contributed by atoms with Gasteiger partial charge in [0.15, 0.2) is 0 Å². The molecule has 118 valence electrons. The topological polar surface area (TPSA) is 73.0 Å². The molecule has 1 amide bonds. The smallest absolute Gasteiger partial charge is 0.341 e. The van der Waals surface area contributed by atoms with Gasteiger partial charge in [0.05, 0.1) is 0 Å². The molecule has 0 bridgehead atoms. The first-order chi connectivity index (χ1) is 10.8. The Labute approximate surface area is 132 Å². The van der Waals surface area contributed by atoms with Gasteiger partial charge in [0.1, 0.15) is 11.5 Å². The molecule has 0 atom stereocenters. The fourth-order valence-corrected chi connectivity index (χ4v) is 3.30. The van der Waals surface area contributed by atoms with Crippen LogP contribution in [0.1, 0.15) is 32.1 Å². The highest BCUT2D eigenvalue weighted by molar-refractivity contribution is 7.12. The van der Waals surface area contributed by atoms with Crippen molar-refractivity contribution >= 4 is 17.2 Å². The van der Waals surface area contributed by atoms with Gasteiger partial charge in [-0.3, -0.25) is 4.79 Å². The largest absolute Gasteiger partial charge is 0.369 e. The molecule has 7 nitrogen and oxygen atoms in total. The highest BCUT2D eigenvalue weighted by atomic mass is 32.1. The maximum Gasteiger partial charge on any atom is 0.369 e. The summed E-state index contributed by atoms with van der Waals surface area (Å²) in [6.45, 7) is 1.50. The average Bonchev–Trinajstić information content (AvgIpc) is 3.09. The normalized spacial score (nSPS) is 16.3. The van der Waals surface area contributed by atoms with Crippen molar-refractivity contribution in [1.82, 2.24) is 24.7 Å². The van der Waals surface area contributed by atoms with E-state index in [1.54, 1.807) is 6.07 Å². The fourth-order valence-electron chi connectivity index (χ4n) is 2.63. The summed E-state index contributed by atoms with van der Waals surface area (Å²) in [5.41, 5.74) is -0.372. The number of rotatable bonds is 3. The summed E-state index contributed by atoms with van der Waals surface area (Å²) in [4.78, 5) is 26.5.